The molecule has 1 aromatic heterocycles. The fraction of sp³-hybridized carbons (Fsp3) is 0.192. The van der Waals surface area contributed by atoms with E-state index in [1.165, 1.54) is 16.4 Å². The van der Waals surface area contributed by atoms with Crippen LogP contribution in [0.15, 0.2) is 84.0 Å². The Hall–Kier alpha value is -3.98. The highest BCUT2D eigenvalue weighted by molar-refractivity contribution is 7.99. The molecular formula is C26H27N5O3S. The number of ether oxygens (including phenoxy) is 2. The van der Waals surface area contributed by atoms with Gasteiger partial charge in [-0.15, -0.1) is 10.2 Å². The second kappa shape index (κ2) is 11.4. The number of benzene rings is 3. The number of amides is 1. The predicted octanol–water partition coefficient (Wildman–Crippen LogP) is 4.21. The number of aryl methyl sites for hydroxylation is 1. The molecular weight excluding hydrogens is 462 g/mol. The van der Waals surface area contributed by atoms with Crippen LogP contribution in [-0.2, 0) is 17.9 Å². The van der Waals surface area contributed by atoms with Crippen LogP contribution >= 0.6 is 11.8 Å². The number of carbonyl (C=O) groups is 1. The zero-order chi connectivity index (χ0) is 24.6. The molecule has 0 aliphatic rings. The van der Waals surface area contributed by atoms with Crippen molar-refractivity contribution in [2.75, 3.05) is 23.6 Å². The van der Waals surface area contributed by atoms with Gasteiger partial charge in [-0.2, -0.15) is 0 Å². The summed E-state index contributed by atoms with van der Waals surface area (Å²) in [6.45, 7) is 2.61. The molecule has 3 aromatic carbocycles. The summed E-state index contributed by atoms with van der Waals surface area (Å²) in [5.74, 6) is 8.06. The molecule has 4 rings (SSSR count). The van der Waals surface area contributed by atoms with Crippen LogP contribution in [0.2, 0.25) is 0 Å². The Morgan fingerprint density at radius 1 is 1.00 bits per heavy atom. The van der Waals surface area contributed by atoms with E-state index in [4.69, 9.17) is 15.3 Å². The van der Waals surface area contributed by atoms with E-state index in [2.05, 4.69) is 10.2 Å². The first kappa shape index (κ1) is 24.2. The molecule has 0 spiro atoms. The topological polar surface area (TPSA) is 95.5 Å². The van der Waals surface area contributed by atoms with Crippen LogP contribution in [0.1, 0.15) is 17.0 Å². The van der Waals surface area contributed by atoms with E-state index in [9.17, 15) is 4.79 Å². The Bertz CT molecular complexity index is 1280. The van der Waals surface area contributed by atoms with Crippen molar-refractivity contribution in [2.45, 2.75) is 25.2 Å². The molecule has 0 fully saturated rings. The molecule has 9 heteroatoms. The number of nitrogens with zero attached hydrogens (tertiary/aromatic N) is 4. The van der Waals surface area contributed by atoms with Crippen molar-refractivity contribution in [1.82, 2.24) is 14.9 Å². The molecule has 0 saturated heterocycles. The lowest BCUT2D eigenvalue weighted by Crippen LogP contribution is -2.32. The number of thioether (sulfide) groups is 1. The van der Waals surface area contributed by atoms with Gasteiger partial charge in [-0.3, -0.25) is 4.79 Å². The summed E-state index contributed by atoms with van der Waals surface area (Å²) >= 11 is 1.24. The molecule has 0 unspecified atom stereocenters. The molecule has 35 heavy (non-hydrogen) atoms. The molecule has 8 nitrogen and oxygen atoms in total. The zero-order valence-electron chi connectivity index (χ0n) is 19.6. The molecule has 1 heterocycles. The minimum absolute atomic E-state index is 0.0540. The van der Waals surface area contributed by atoms with Crippen molar-refractivity contribution in [3.63, 3.8) is 0 Å². The van der Waals surface area contributed by atoms with Gasteiger partial charge in [0.25, 0.3) is 0 Å². The van der Waals surface area contributed by atoms with Crippen molar-refractivity contribution < 1.29 is 14.3 Å². The average molecular weight is 490 g/mol. The molecule has 0 saturated carbocycles. The summed E-state index contributed by atoms with van der Waals surface area (Å²) in [5, 5.41) is 8.70. The van der Waals surface area contributed by atoms with E-state index in [0.717, 1.165) is 16.8 Å². The highest BCUT2D eigenvalue weighted by Gasteiger charge is 2.19. The Morgan fingerprint density at radius 2 is 1.77 bits per heavy atom. The Balaban J connectivity index is 1.42. The Labute approximate surface area is 208 Å². The van der Waals surface area contributed by atoms with Crippen molar-refractivity contribution in [3.05, 3.63) is 95.8 Å². The first-order valence-electron chi connectivity index (χ1n) is 11.0. The van der Waals surface area contributed by atoms with Gasteiger partial charge in [0.2, 0.25) is 11.1 Å². The van der Waals surface area contributed by atoms with Crippen LogP contribution in [0.4, 0.5) is 5.69 Å². The maximum atomic E-state index is 13.3. The van der Waals surface area contributed by atoms with E-state index in [1.807, 2.05) is 79.7 Å². The lowest BCUT2D eigenvalue weighted by molar-refractivity contribution is -0.116. The summed E-state index contributed by atoms with van der Waals surface area (Å²) in [5.41, 5.74) is 2.98. The van der Waals surface area contributed by atoms with E-state index in [-0.39, 0.29) is 18.3 Å². The lowest BCUT2D eigenvalue weighted by atomic mass is 10.1. The molecule has 180 valence electrons. The summed E-state index contributed by atoms with van der Waals surface area (Å²) in [6.07, 6.45) is 0. The average Bonchev–Trinajstić information content (AvgIpc) is 3.24. The number of nitrogens with two attached hydrogens (primary N) is 1. The Kier molecular flexibility index (Phi) is 7.89. The largest absolute Gasteiger partial charge is 0.497 e. The fourth-order valence-corrected chi connectivity index (χ4v) is 4.18. The summed E-state index contributed by atoms with van der Waals surface area (Å²) in [6, 6.07) is 25.1. The smallest absolute Gasteiger partial charge is 0.237 e. The number of anilines is 1. The maximum absolute atomic E-state index is 13.3. The van der Waals surface area contributed by atoms with Gasteiger partial charge in [-0.05, 0) is 42.3 Å². The van der Waals surface area contributed by atoms with Crippen molar-refractivity contribution in [1.29, 1.82) is 0 Å². The standard InChI is InChI=1S/C26H27N5O3S/c1-19-8-6-11-21(14-19)30(16-20-9-4-3-5-10-20)25(32)18-35-26-29-28-24(31(26)27)17-34-23-13-7-12-22(15-23)33-2/h3-15H,16-18,27H2,1-2H3. The number of carbonyl (C=O) groups excluding carboxylic acids is 1. The van der Waals surface area contributed by atoms with E-state index >= 15 is 0 Å². The molecule has 2 N–H and O–H groups in total. The number of rotatable bonds is 10. The fourth-order valence-electron chi connectivity index (χ4n) is 3.43. The predicted molar refractivity (Wildman–Crippen MR) is 137 cm³/mol. The van der Waals surface area contributed by atoms with E-state index < -0.39 is 0 Å². The van der Waals surface area contributed by atoms with Crippen LogP contribution in [0, 0.1) is 6.92 Å². The van der Waals surface area contributed by atoms with Gasteiger partial charge in [0.05, 0.1) is 19.4 Å². The van der Waals surface area contributed by atoms with Gasteiger partial charge < -0.3 is 20.2 Å². The maximum Gasteiger partial charge on any atom is 0.237 e. The third-order valence-corrected chi connectivity index (χ3v) is 6.19. The molecule has 0 aliphatic carbocycles. The number of hydrogen-bond acceptors (Lipinski definition) is 7. The van der Waals surface area contributed by atoms with Gasteiger partial charge in [-0.1, -0.05) is 60.3 Å². The second-order valence-electron chi connectivity index (χ2n) is 7.83. The van der Waals surface area contributed by atoms with Crippen molar-refractivity contribution in [2.24, 2.45) is 0 Å². The number of methoxy groups -OCH3 is 1. The van der Waals surface area contributed by atoms with Gasteiger partial charge in [0.1, 0.15) is 18.1 Å². The number of aromatic nitrogens is 3. The van der Waals surface area contributed by atoms with E-state index in [1.54, 1.807) is 18.1 Å². The SMILES string of the molecule is COc1cccc(OCc2nnc(SCC(=O)N(Cc3ccccc3)c3cccc(C)c3)n2N)c1. The van der Waals surface area contributed by atoms with Gasteiger partial charge in [0.15, 0.2) is 5.82 Å². The van der Waals surface area contributed by atoms with Crippen LogP contribution in [0.5, 0.6) is 11.5 Å². The number of nitrogen functional groups attached to an aromatic ring is 1. The molecule has 0 aliphatic heterocycles. The zero-order valence-corrected chi connectivity index (χ0v) is 20.4. The minimum atomic E-state index is -0.0540. The van der Waals surface area contributed by atoms with Crippen LogP contribution in [0.3, 0.4) is 0 Å². The molecule has 0 atom stereocenters. The van der Waals surface area contributed by atoms with Crippen LogP contribution in [0.25, 0.3) is 0 Å². The summed E-state index contributed by atoms with van der Waals surface area (Å²) < 4.78 is 12.3. The minimum Gasteiger partial charge on any atom is -0.497 e. The molecule has 0 bridgehead atoms. The van der Waals surface area contributed by atoms with Gasteiger partial charge >= 0.3 is 0 Å². The summed E-state index contributed by atoms with van der Waals surface area (Å²) in [4.78, 5) is 15.1. The quantitative estimate of drug-likeness (QED) is 0.263. The summed E-state index contributed by atoms with van der Waals surface area (Å²) in [7, 11) is 1.60. The van der Waals surface area contributed by atoms with Gasteiger partial charge in [0, 0.05) is 11.8 Å². The van der Waals surface area contributed by atoms with Gasteiger partial charge in [-0.25, -0.2) is 4.68 Å². The van der Waals surface area contributed by atoms with Crippen molar-refractivity contribution >= 4 is 23.4 Å². The Morgan fingerprint density at radius 3 is 2.54 bits per heavy atom. The third-order valence-electron chi connectivity index (χ3n) is 5.27. The van der Waals surface area contributed by atoms with Crippen molar-refractivity contribution in [3.8, 4) is 11.5 Å². The molecule has 0 radical (unpaired) electrons. The first-order chi connectivity index (χ1) is 17.0. The highest BCUT2D eigenvalue weighted by atomic mass is 32.2. The highest BCUT2D eigenvalue weighted by Crippen LogP contribution is 2.23. The van der Waals surface area contributed by atoms with Crippen LogP contribution < -0.4 is 20.2 Å². The molecule has 1 amide bonds. The molecule has 4 aromatic rings. The van der Waals surface area contributed by atoms with E-state index in [0.29, 0.717) is 29.0 Å². The lowest BCUT2D eigenvalue weighted by Gasteiger charge is -2.23. The van der Waals surface area contributed by atoms with Crippen LogP contribution in [-0.4, -0.2) is 33.6 Å². The third kappa shape index (κ3) is 6.33. The monoisotopic (exact) mass is 489 g/mol. The normalized spacial score (nSPS) is 10.7. The number of hydrogen-bond donors (Lipinski definition) is 1. The second-order valence-corrected chi connectivity index (χ2v) is 8.77. The first-order valence-corrected chi connectivity index (χ1v) is 12.0.